The van der Waals surface area contributed by atoms with E-state index in [1.807, 2.05) is 12.1 Å². The van der Waals surface area contributed by atoms with Crippen molar-refractivity contribution >= 4 is 40.6 Å². The van der Waals surface area contributed by atoms with Crippen LogP contribution in [0.1, 0.15) is 28.0 Å². The molecule has 4 rings (SSSR count). The molecule has 2 aromatic carbocycles. The number of benzene rings is 2. The Kier molecular flexibility index (Phi) is 5.13. The topological polar surface area (TPSA) is 70.5 Å². The number of fused-ring (bicyclic) bond motifs is 1. The molecule has 3 aromatic rings. The van der Waals surface area contributed by atoms with Gasteiger partial charge in [-0.05, 0) is 48.0 Å². The zero-order chi connectivity index (χ0) is 20.6. The van der Waals surface area contributed by atoms with Crippen LogP contribution in [0.4, 0.5) is 5.69 Å². The van der Waals surface area contributed by atoms with Crippen molar-refractivity contribution < 1.29 is 14.7 Å². The average Bonchev–Trinajstić information content (AvgIpc) is 2.92. The standard InChI is InChI=1S/C22H16Cl2N2O3/c23-15-6-4-14(5-7-15)13-26-19-9-8-16(24)11-17(19)22(29,21(26)28)12-20(27)18-3-1-2-10-25-18/h1-11,29H,12-13H2. The summed E-state index contributed by atoms with van der Waals surface area (Å²) in [7, 11) is 0. The summed E-state index contributed by atoms with van der Waals surface area (Å²) in [4.78, 5) is 31.5. The lowest BCUT2D eigenvalue weighted by Gasteiger charge is -2.22. The summed E-state index contributed by atoms with van der Waals surface area (Å²) in [5.74, 6) is -1.00. The zero-order valence-corrected chi connectivity index (χ0v) is 16.7. The van der Waals surface area contributed by atoms with Gasteiger partial charge in [-0.1, -0.05) is 41.4 Å². The van der Waals surface area contributed by atoms with Crippen molar-refractivity contribution in [1.29, 1.82) is 0 Å². The number of hydrogen-bond acceptors (Lipinski definition) is 4. The van der Waals surface area contributed by atoms with Gasteiger partial charge in [0.25, 0.3) is 5.91 Å². The van der Waals surface area contributed by atoms with E-state index in [1.165, 1.54) is 17.2 Å². The molecule has 0 radical (unpaired) electrons. The smallest absolute Gasteiger partial charge is 0.264 e. The van der Waals surface area contributed by atoms with Crippen LogP contribution in [0.2, 0.25) is 10.0 Å². The molecular formula is C22H16Cl2N2O3. The minimum absolute atomic E-state index is 0.188. The van der Waals surface area contributed by atoms with Crippen molar-refractivity contribution in [3.8, 4) is 0 Å². The number of aliphatic hydroxyl groups is 1. The first-order chi connectivity index (χ1) is 13.9. The minimum Gasteiger partial charge on any atom is -0.375 e. The maximum atomic E-state index is 13.3. The quantitative estimate of drug-likeness (QED) is 0.613. The Morgan fingerprint density at radius 1 is 1.03 bits per heavy atom. The third kappa shape index (κ3) is 3.65. The number of hydrogen-bond donors (Lipinski definition) is 1. The monoisotopic (exact) mass is 426 g/mol. The number of amides is 1. The molecule has 1 unspecified atom stereocenters. The number of carbonyl (C=O) groups excluding carboxylic acids is 2. The molecule has 0 bridgehead atoms. The second-order valence-corrected chi connectivity index (χ2v) is 7.73. The third-order valence-corrected chi connectivity index (χ3v) is 5.40. The van der Waals surface area contributed by atoms with E-state index in [1.54, 1.807) is 42.5 Å². The van der Waals surface area contributed by atoms with Crippen LogP contribution >= 0.6 is 23.2 Å². The molecule has 1 aromatic heterocycles. The van der Waals surface area contributed by atoms with Gasteiger partial charge in [0.2, 0.25) is 0 Å². The van der Waals surface area contributed by atoms with Crippen LogP contribution in [0.15, 0.2) is 66.9 Å². The summed E-state index contributed by atoms with van der Waals surface area (Å²) in [5.41, 5.74) is -0.155. The normalized spacial score (nSPS) is 18.0. The van der Waals surface area contributed by atoms with E-state index in [0.29, 0.717) is 21.3 Å². The predicted molar refractivity (Wildman–Crippen MR) is 111 cm³/mol. The maximum absolute atomic E-state index is 13.3. The Morgan fingerprint density at radius 2 is 1.76 bits per heavy atom. The molecule has 0 saturated carbocycles. The summed E-state index contributed by atoms with van der Waals surface area (Å²) in [6, 6.07) is 16.9. The Bertz CT molecular complexity index is 1090. The second kappa shape index (κ2) is 7.59. The molecule has 7 heteroatoms. The number of ketones is 1. The first-order valence-electron chi connectivity index (χ1n) is 8.91. The van der Waals surface area contributed by atoms with E-state index in [0.717, 1.165) is 5.56 Å². The number of nitrogens with zero attached hydrogens (tertiary/aromatic N) is 2. The molecule has 1 aliphatic heterocycles. The molecule has 1 N–H and O–H groups in total. The number of anilines is 1. The molecule has 1 atom stereocenters. The van der Waals surface area contributed by atoms with E-state index < -0.39 is 23.7 Å². The number of rotatable bonds is 5. The summed E-state index contributed by atoms with van der Waals surface area (Å²) in [6.07, 6.45) is 1.07. The van der Waals surface area contributed by atoms with E-state index in [9.17, 15) is 14.7 Å². The molecular weight excluding hydrogens is 411 g/mol. The second-order valence-electron chi connectivity index (χ2n) is 6.85. The Labute approximate surface area is 177 Å². The molecule has 5 nitrogen and oxygen atoms in total. The molecule has 0 fully saturated rings. The fraction of sp³-hybridized carbons (Fsp3) is 0.136. The van der Waals surface area contributed by atoms with Crippen LogP contribution in [-0.2, 0) is 16.9 Å². The van der Waals surface area contributed by atoms with Crippen molar-refractivity contribution in [3.63, 3.8) is 0 Å². The van der Waals surface area contributed by atoms with Crippen LogP contribution in [0.25, 0.3) is 0 Å². The summed E-state index contributed by atoms with van der Waals surface area (Å²) < 4.78 is 0. The fourth-order valence-electron chi connectivity index (χ4n) is 3.47. The van der Waals surface area contributed by atoms with Crippen LogP contribution in [-0.4, -0.2) is 21.8 Å². The highest BCUT2D eigenvalue weighted by atomic mass is 35.5. The Balaban J connectivity index is 1.71. The average molecular weight is 427 g/mol. The molecule has 1 amide bonds. The van der Waals surface area contributed by atoms with Gasteiger partial charge in [-0.15, -0.1) is 0 Å². The predicted octanol–water partition coefficient (Wildman–Crippen LogP) is 4.40. The Hall–Kier alpha value is -2.73. The summed E-state index contributed by atoms with van der Waals surface area (Å²) in [6.45, 7) is 0.227. The molecule has 0 saturated heterocycles. The van der Waals surface area contributed by atoms with E-state index in [2.05, 4.69) is 4.98 Å². The van der Waals surface area contributed by atoms with Crippen molar-refractivity contribution in [2.75, 3.05) is 4.90 Å². The lowest BCUT2D eigenvalue weighted by molar-refractivity contribution is -0.136. The largest absolute Gasteiger partial charge is 0.375 e. The highest BCUT2D eigenvalue weighted by Crippen LogP contribution is 2.44. The van der Waals surface area contributed by atoms with E-state index in [4.69, 9.17) is 23.2 Å². The number of halogens is 2. The molecule has 146 valence electrons. The molecule has 29 heavy (non-hydrogen) atoms. The number of Topliss-reactive ketones (excluding diaryl/α,β-unsaturated/α-hetero) is 1. The first-order valence-corrected chi connectivity index (χ1v) is 9.67. The SMILES string of the molecule is O=C(CC1(O)C(=O)N(Cc2ccc(Cl)cc2)c2ccc(Cl)cc21)c1ccccn1. The highest BCUT2D eigenvalue weighted by molar-refractivity contribution is 6.31. The van der Waals surface area contributed by atoms with Gasteiger partial charge in [-0.25, -0.2) is 0 Å². The fourth-order valence-corrected chi connectivity index (χ4v) is 3.77. The summed E-state index contributed by atoms with van der Waals surface area (Å²) >= 11 is 12.1. The minimum atomic E-state index is -2.01. The van der Waals surface area contributed by atoms with Gasteiger partial charge in [-0.3, -0.25) is 14.6 Å². The summed E-state index contributed by atoms with van der Waals surface area (Å²) in [5, 5.41) is 12.3. The van der Waals surface area contributed by atoms with Crippen molar-refractivity contribution in [2.24, 2.45) is 0 Å². The van der Waals surface area contributed by atoms with E-state index in [-0.39, 0.29) is 12.2 Å². The number of pyridine rings is 1. The van der Waals surface area contributed by atoms with Crippen LogP contribution in [0.5, 0.6) is 0 Å². The van der Waals surface area contributed by atoms with Crippen LogP contribution in [0, 0.1) is 0 Å². The van der Waals surface area contributed by atoms with Crippen LogP contribution < -0.4 is 4.90 Å². The van der Waals surface area contributed by atoms with Gasteiger partial charge in [0.15, 0.2) is 11.4 Å². The van der Waals surface area contributed by atoms with Gasteiger partial charge < -0.3 is 10.0 Å². The third-order valence-electron chi connectivity index (χ3n) is 4.91. The van der Waals surface area contributed by atoms with Crippen LogP contribution in [0.3, 0.4) is 0 Å². The molecule has 1 aliphatic rings. The Morgan fingerprint density at radius 3 is 2.45 bits per heavy atom. The number of aromatic nitrogens is 1. The lowest BCUT2D eigenvalue weighted by Crippen LogP contribution is -2.41. The molecule has 0 spiro atoms. The van der Waals surface area contributed by atoms with Gasteiger partial charge in [-0.2, -0.15) is 0 Å². The maximum Gasteiger partial charge on any atom is 0.264 e. The first kappa shape index (κ1) is 19.6. The van der Waals surface area contributed by atoms with Crippen molar-refractivity contribution in [2.45, 2.75) is 18.6 Å². The molecule has 2 heterocycles. The highest BCUT2D eigenvalue weighted by Gasteiger charge is 2.51. The van der Waals surface area contributed by atoms with E-state index >= 15 is 0 Å². The lowest BCUT2D eigenvalue weighted by atomic mass is 9.89. The van der Waals surface area contributed by atoms with Gasteiger partial charge in [0.1, 0.15) is 5.69 Å². The van der Waals surface area contributed by atoms with Crippen molar-refractivity contribution in [3.05, 3.63) is 93.7 Å². The molecule has 0 aliphatic carbocycles. The van der Waals surface area contributed by atoms with Gasteiger partial charge >= 0.3 is 0 Å². The zero-order valence-electron chi connectivity index (χ0n) is 15.2. The van der Waals surface area contributed by atoms with Gasteiger partial charge in [0.05, 0.1) is 18.7 Å². The van der Waals surface area contributed by atoms with Crippen molar-refractivity contribution in [1.82, 2.24) is 4.98 Å². The number of carbonyl (C=O) groups is 2. The van der Waals surface area contributed by atoms with Gasteiger partial charge in [0, 0.05) is 21.8 Å².